The SMILES string of the molecule is Cc1cc(-c2ccccc2)cc(C)c1-c1cc(-c2[c-]cccc2)no1.Cc1cc(-c2ccccc2)cc(C)c1-c1nnc(-c2[c-]cccc2)n1C.Cc1cc(-c2ccccc2)cc(C)c1-c1nnc(-c2[c-]cccc2)o1.Cc1cc(-c2ccccc2)cc(C)c1-c1nnc(-c2[c-]cccc2)s1.[Rh].[Rh].[Rh].[Rh]. The summed E-state index contributed by atoms with van der Waals surface area (Å²) >= 11 is 1.62. The van der Waals surface area contributed by atoms with Crippen molar-refractivity contribution in [2.75, 3.05) is 0 Å². The summed E-state index contributed by atoms with van der Waals surface area (Å²) < 4.78 is 13.6. The van der Waals surface area contributed by atoms with E-state index < -0.39 is 0 Å². The molecule has 4 radical (unpaired) electrons. The van der Waals surface area contributed by atoms with Crippen LogP contribution in [-0.2, 0) is 85.0 Å². The van der Waals surface area contributed by atoms with Gasteiger partial charge in [-0.25, -0.2) is 0 Å². The molecule has 0 fully saturated rings. The fourth-order valence-corrected chi connectivity index (χ4v) is 13.8. The third kappa shape index (κ3) is 18.8. The molecule has 0 aliphatic heterocycles. The quantitative estimate of drug-likeness (QED) is 0.0869. The Morgan fingerprint density at radius 1 is 0.295 bits per heavy atom. The van der Waals surface area contributed by atoms with Crippen molar-refractivity contribution in [3.63, 3.8) is 0 Å². The second-order valence-corrected chi connectivity index (χ2v) is 25.8. The van der Waals surface area contributed by atoms with Crippen molar-refractivity contribution in [2.24, 2.45) is 7.05 Å². The minimum Gasteiger partial charge on any atom is -0.464 e. The first-order valence-electron chi connectivity index (χ1n) is 33.4. The number of hydrogen-bond donors (Lipinski definition) is 0. The van der Waals surface area contributed by atoms with Crippen molar-refractivity contribution < 1.29 is 86.9 Å². The van der Waals surface area contributed by atoms with Crippen LogP contribution in [-0.4, -0.2) is 40.3 Å². The zero-order valence-corrected chi connectivity index (χ0v) is 66.5. The van der Waals surface area contributed by atoms with E-state index in [0.717, 1.165) is 83.2 Å². The number of aryl methyl sites for hydroxylation is 8. The second-order valence-electron chi connectivity index (χ2n) is 24.8. The van der Waals surface area contributed by atoms with Gasteiger partial charge in [0.2, 0.25) is 5.89 Å². The molecular formula is C90H72N8O2Rh4S-4. The van der Waals surface area contributed by atoms with E-state index in [1.807, 2.05) is 139 Å². The molecule has 4 aromatic heterocycles. The monoisotopic (exact) mass is 1740 g/mol. The first-order valence-corrected chi connectivity index (χ1v) is 34.2. The van der Waals surface area contributed by atoms with Crippen LogP contribution >= 0.6 is 11.3 Å². The van der Waals surface area contributed by atoms with Crippen LogP contribution in [0, 0.1) is 79.7 Å². The Hall–Kier alpha value is -9.82. The summed E-state index contributed by atoms with van der Waals surface area (Å²) in [6.45, 7) is 16.9. The maximum atomic E-state index is 5.91. The first-order chi connectivity index (χ1) is 49.3. The molecule has 0 aliphatic rings. The summed E-state index contributed by atoms with van der Waals surface area (Å²) in [7, 11) is 2.01. The summed E-state index contributed by atoms with van der Waals surface area (Å²) in [6, 6.07) is 105. The second kappa shape index (κ2) is 37.2. The van der Waals surface area contributed by atoms with Gasteiger partial charge in [-0.15, -0.1) is 170 Å². The van der Waals surface area contributed by atoms with Gasteiger partial charge in [-0.3, -0.25) is 0 Å². The average Bonchev–Trinajstić information content (AvgIpc) is 1.71. The van der Waals surface area contributed by atoms with Crippen LogP contribution in [0.15, 0.2) is 282 Å². The average molecular weight is 1740 g/mol. The van der Waals surface area contributed by atoms with Crippen LogP contribution < -0.4 is 0 Å². The molecule has 0 saturated heterocycles. The van der Waals surface area contributed by atoms with Gasteiger partial charge >= 0.3 is 0 Å². The maximum absolute atomic E-state index is 5.91. The van der Waals surface area contributed by atoms with Crippen LogP contribution in [0.1, 0.15) is 44.5 Å². The van der Waals surface area contributed by atoms with E-state index >= 15 is 0 Å². The fraction of sp³-hybridized carbons (Fsp3) is 0.100. The molecule has 0 saturated carbocycles. The zero-order chi connectivity index (χ0) is 69.8. The van der Waals surface area contributed by atoms with Crippen LogP contribution in [0.2, 0.25) is 0 Å². The van der Waals surface area contributed by atoms with Crippen LogP contribution in [0.5, 0.6) is 0 Å². The Kier molecular flexibility index (Phi) is 28.1. The fourth-order valence-electron chi connectivity index (χ4n) is 12.8. The van der Waals surface area contributed by atoms with Gasteiger partial charge in [-0.1, -0.05) is 175 Å². The predicted molar refractivity (Wildman–Crippen MR) is 410 cm³/mol. The summed E-state index contributed by atoms with van der Waals surface area (Å²) in [5, 5.41) is 32.2. The maximum Gasteiger partial charge on any atom is 0.238 e. The van der Waals surface area contributed by atoms with E-state index in [-0.39, 0.29) is 77.9 Å². The van der Waals surface area contributed by atoms with Gasteiger partial charge in [0.1, 0.15) is 5.01 Å². The van der Waals surface area contributed by atoms with Gasteiger partial charge in [0, 0.05) is 113 Å². The normalized spacial score (nSPS) is 10.4. The molecule has 0 spiro atoms. The molecule has 105 heavy (non-hydrogen) atoms. The van der Waals surface area contributed by atoms with Gasteiger partial charge in [0.25, 0.3) is 0 Å². The number of hydrogen-bond acceptors (Lipinski definition) is 10. The molecule has 0 amide bonds. The standard InChI is InChI=1S/C23H20N3.C23H18NO.C22H17N2O.C22H17N2S.4Rh/c1-16-14-20(18-10-6-4-7-11-18)15-17(2)21(16)23-25-24-22(26(23)3)19-12-8-5-9-13-19;1-16-13-20(18-9-5-3-6-10-18)14-17(2)23(16)22-15-21(24-25-22)19-11-7-4-8-12-19;2*1-15-13-19(17-9-5-3-6-10-17)14-16(2)20(15)22-24-23-21(25-22)18-11-7-4-8-12-18;;;;/h4-12,14-15H,1-3H3;3-11,13-15H,1-2H3;2*3-11,13-14H,1-2H3;;;;/q4*-1;;;;. The summed E-state index contributed by atoms with van der Waals surface area (Å²) in [5.41, 5.74) is 28.1. The number of rotatable bonds is 12. The number of nitrogens with zero attached hydrogens (tertiary/aromatic N) is 8. The number of aromatic nitrogens is 8. The molecule has 530 valence electrons. The minimum atomic E-state index is 0. The molecule has 10 nitrogen and oxygen atoms in total. The Labute approximate surface area is 670 Å². The van der Waals surface area contributed by atoms with Crippen molar-refractivity contribution in [1.82, 2.24) is 40.3 Å². The topological polar surface area (TPSA) is 121 Å². The third-order valence-electron chi connectivity index (χ3n) is 17.5. The molecular weight excluding hydrogens is 1670 g/mol. The van der Waals surface area contributed by atoms with E-state index in [9.17, 15) is 0 Å². The van der Waals surface area contributed by atoms with Crippen molar-refractivity contribution >= 4 is 11.3 Å². The van der Waals surface area contributed by atoms with E-state index in [0.29, 0.717) is 11.8 Å². The van der Waals surface area contributed by atoms with E-state index in [2.05, 4.69) is 261 Å². The van der Waals surface area contributed by atoms with Crippen LogP contribution in [0.3, 0.4) is 0 Å². The van der Waals surface area contributed by atoms with E-state index in [1.54, 1.807) is 11.3 Å². The molecule has 16 rings (SSSR count). The summed E-state index contributed by atoms with van der Waals surface area (Å²) in [6.07, 6.45) is 0. The molecule has 0 bridgehead atoms. The van der Waals surface area contributed by atoms with Gasteiger partial charge in [0.15, 0.2) is 17.5 Å². The Morgan fingerprint density at radius 2 is 0.638 bits per heavy atom. The first kappa shape index (κ1) is 79.3. The molecule has 0 atom stereocenters. The number of benzene rings is 12. The molecule has 0 unspecified atom stereocenters. The Bertz CT molecular complexity index is 4960. The molecule has 15 heteroatoms. The third-order valence-corrected chi connectivity index (χ3v) is 18.5. The minimum absolute atomic E-state index is 0. The smallest absolute Gasteiger partial charge is 0.238 e. The zero-order valence-electron chi connectivity index (χ0n) is 59.1. The van der Waals surface area contributed by atoms with Crippen molar-refractivity contribution in [3.8, 4) is 134 Å². The summed E-state index contributed by atoms with van der Waals surface area (Å²) in [4.78, 5) is 0. The van der Waals surface area contributed by atoms with Crippen LogP contribution in [0.25, 0.3) is 134 Å². The van der Waals surface area contributed by atoms with Crippen molar-refractivity contribution in [1.29, 1.82) is 0 Å². The molecule has 0 N–H and O–H groups in total. The van der Waals surface area contributed by atoms with Crippen molar-refractivity contribution in [2.45, 2.75) is 55.4 Å². The van der Waals surface area contributed by atoms with Crippen LogP contribution in [0.4, 0.5) is 0 Å². The Balaban J connectivity index is 0.000000160. The van der Waals surface area contributed by atoms with Gasteiger partial charge in [-0.05, 0) is 150 Å². The van der Waals surface area contributed by atoms with Gasteiger partial charge < -0.3 is 13.5 Å². The molecule has 16 aromatic rings. The van der Waals surface area contributed by atoms with Gasteiger partial charge in [-0.2, -0.15) is 15.3 Å². The van der Waals surface area contributed by atoms with Gasteiger partial charge in [0.05, 0.1) is 10.8 Å². The predicted octanol–water partition coefficient (Wildman–Crippen LogP) is 22.8. The molecule has 4 heterocycles. The Morgan fingerprint density at radius 3 is 1.06 bits per heavy atom. The van der Waals surface area contributed by atoms with E-state index in [1.165, 1.54) is 83.5 Å². The molecule has 12 aromatic carbocycles. The molecule has 0 aliphatic carbocycles. The largest absolute Gasteiger partial charge is 0.464 e. The van der Waals surface area contributed by atoms with Crippen molar-refractivity contribution in [3.05, 3.63) is 342 Å². The summed E-state index contributed by atoms with van der Waals surface area (Å²) in [5.74, 6) is 3.53. The van der Waals surface area contributed by atoms with E-state index in [4.69, 9.17) is 8.94 Å².